The number of carbonyl (C=O) groups is 2. The number of amides is 2. The molecule has 1 fully saturated rings. The molecule has 0 aliphatic carbocycles. The number of hydrogen-bond acceptors (Lipinski definition) is 5. The van der Waals surface area contributed by atoms with Crippen LogP contribution in [0.25, 0.3) is 5.52 Å². The summed E-state index contributed by atoms with van der Waals surface area (Å²) in [6.45, 7) is 3.16. The molecule has 0 radical (unpaired) electrons. The van der Waals surface area contributed by atoms with E-state index in [0.717, 1.165) is 5.56 Å². The number of aromatic amines is 1. The van der Waals surface area contributed by atoms with Gasteiger partial charge < -0.3 is 15.2 Å². The van der Waals surface area contributed by atoms with Crippen molar-refractivity contribution in [2.24, 2.45) is 5.92 Å². The number of nitrogens with one attached hydrogen (secondary N) is 2. The van der Waals surface area contributed by atoms with Gasteiger partial charge in [0.2, 0.25) is 5.91 Å². The van der Waals surface area contributed by atoms with Crippen molar-refractivity contribution < 1.29 is 9.59 Å². The highest BCUT2D eigenvalue weighted by Crippen LogP contribution is 2.19. The van der Waals surface area contributed by atoms with E-state index in [0.29, 0.717) is 43.7 Å². The summed E-state index contributed by atoms with van der Waals surface area (Å²) < 4.78 is 1.43. The largest absolute Gasteiger partial charge is 0.352 e. The van der Waals surface area contributed by atoms with E-state index in [9.17, 15) is 14.4 Å². The Morgan fingerprint density at radius 3 is 2.83 bits per heavy atom. The summed E-state index contributed by atoms with van der Waals surface area (Å²) in [5.74, 6) is -0.349. The Hall–Kier alpha value is -3.49. The van der Waals surface area contributed by atoms with Crippen LogP contribution >= 0.6 is 0 Å². The maximum Gasteiger partial charge on any atom is 0.274 e. The summed E-state index contributed by atoms with van der Waals surface area (Å²) in [5, 5.41) is 7.18. The van der Waals surface area contributed by atoms with Gasteiger partial charge >= 0.3 is 0 Å². The molecule has 1 saturated heterocycles. The molecule has 4 heterocycles. The zero-order valence-corrected chi connectivity index (χ0v) is 16.1. The van der Waals surface area contributed by atoms with Crippen LogP contribution in [0.5, 0.6) is 0 Å². The number of hydrogen-bond donors (Lipinski definition) is 2. The van der Waals surface area contributed by atoms with Crippen molar-refractivity contribution in [2.45, 2.75) is 26.3 Å². The predicted octanol–water partition coefficient (Wildman–Crippen LogP) is 0.895. The number of likely N-dealkylation sites (tertiary alicyclic amines) is 1. The Bertz CT molecular complexity index is 1100. The predicted molar refractivity (Wildman–Crippen MR) is 105 cm³/mol. The van der Waals surface area contributed by atoms with Gasteiger partial charge in [0, 0.05) is 55.9 Å². The number of carbonyl (C=O) groups excluding carboxylic acids is 2. The van der Waals surface area contributed by atoms with Crippen molar-refractivity contribution >= 4 is 17.3 Å². The molecular formula is C20H22N6O3. The molecule has 9 heteroatoms. The average molecular weight is 394 g/mol. The van der Waals surface area contributed by atoms with Gasteiger partial charge in [-0.05, 0) is 31.4 Å². The number of nitrogens with zero attached hydrogens (tertiary/aromatic N) is 4. The van der Waals surface area contributed by atoms with Crippen molar-refractivity contribution in [3.8, 4) is 0 Å². The van der Waals surface area contributed by atoms with Crippen molar-refractivity contribution in [2.75, 3.05) is 13.1 Å². The molecule has 9 nitrogen and oxygen atoms in total. The molecule has 0 unspecified atom stereocenters. The number of pyridine rings is 1. The van der Waals surface area contributed by atoms with Gasteiger partial charge in [-0.15, -0.1) is 0 Å². The van der Waals surface area contributed by atoms with Crippen LogP contribution in [0.3, 0.4) is 0 Å². The van der Waals surface area contributed by atoms with E-state index >= 15 is 0 Å². The van der Waals surface area contributed by atoms with Crippen LogP contribution < -0.4 is 10.9 Å². The first-order valence-electron chi connectivity index (χ1n) is 9.56. The van der Waals surface area contributed by atoms with Crippen molar-refractivity contribution in [3.63, 3.8) is 0 Å². The Morgan fingerprint density at radius 2 is 2.10 bits per heavy atom. The highest BCUT2D eigenvalue weighted by Gasteiger charge is 2.29. The van der Waals surface area contributed by atoms with Gasteiger partial charge in [-0.25, -0.2) is 4.52 Å². The maximum atomic E-state index is 12.8. The molecule has 150 valence electrons. The lowest BCUT2D eigenvalue weighted by Gasteiger charge is -2.30. The average Bonchev–Trinajstić information content (AvgIpc) is 3.17. The third-order valence-corrected chi connectivity index (χ3v) is 5.16. The minimum Gasteiger partial charge on any atom is -0.352 e. The third-order valence-electron chi connectivity index (χ3n) is 5.16. The molecule has 0 spiro atoms. The summed E-state index contributed by atoms with van der Waals surface area (Å²) in [7, 11) is 0. The molecule has 2 amide bonds. The second kappa shape index (κ2) is 7.86. The van der Waals surface area contributed by atoms with E-state index in [4.69, 9.17) is 0 Å². The van der Waals surface area contributed by atoms with E-state index in [-0.39, 0.29) is 29.0 Å². The van der Waals surface area contributed by atoms with E-state index in [1.54, 1.807) is 30.4 Å². The molecule has 1 aliphatic heterocycles. The topological polar surface area (TPSA) is 112 Å². The summed E-state index contributed by atoms with van der Waals surface area (Å²) in [6.07, 6.45) is 6.28. The fourth-order valence-corrected chi connectivity index (χ4v) is 3.57. The van der Waals surface area contributed by atoms with Crippen LogP contribution in [0.4, 0.5) is 0 Å². The zero-order chi connectivity index (χ0) is 20.4. The van der Waals surface area contributed by atoms with Gasteiger partial charge in [-0.3, -0.25) is 19.4 Å². The third kappa shape index (κ3) is 4.03. The highest BCUT2D eigenvalue weighted by molar-refractivity contribution is 5.93. The Balaban J connectivity index is 1.35. The van der Waals surface area contributed by atoms with Gasteiger partial charge in [0.15, 0.2) is 5.69 Å². The fourth-order valence-electron chi connectivity index (χ4n) is 3.57. The molecule has 0 aromatic carbocycles. The van der Waals surface area contributed by atoms with Crippen LogP contribution in [0, 0.1) is 12.8 Å². The fraction of sp³-hybridized carbons (Fsp3) is 0.350. The van der Waals surface area contributed by atoms with Crippen molar-refractivity contribution in [1.29, 1.82) is 0 Å². The number of rotatable bonds is 4. The van der Waals surface area contributed by atoms with Crippen LogP contribution in [0.2, 0.25) is 0 Å². The van der Waals surface area contributed by atoms with Gasteiger partial charge in [0.25, 0.3) is 11.5 Å². The van der Waals surface area contributed by atoms with E-state index < -0.39 is 0 Å². The van der Waals surface area contributed by atoms with Crippen molar-refractivity contribution in [1.82, 2.24) is 29.8 Å². The summed E-state index contributed by atoms with van der Waals surface area (Å²) >= 11 is 0. The zero-order valence-electron chi connectivity index (χ0n) is 16.1. The number of aryl methyl sites for hydroxylation is 1. The minimum absolute atomic E-state index is 0.00399. The molecule has 4 rings (SSSR count). The molecule has 29 heavy (non-hydrogen) atoms. The van der Waals surface area contributed by atoms with Gasteiger partial charge in [-0.2, -0.15) is 5.10 Å². The molecule has 0 bridgehead atoms. The van der Waals surface area contributed by atoms with E-state index in [1.807, 2.05) is 12.1 Å². The van der Waals surface area contributed by atoms with Gasteiger partial charge in [0.1, 0.15) is 5.52 Å². The molecule has 1 aliphatic rings. The Kier molecular flexibility index (Phi) is 5.11. The van der Waals surface area contributed by atoms with Crippen molar-refractivity contribution in [3.05, 3.63) is 64.1 Å². The molecule has 3 aromatic rings. The number of piperidine rings is 1. The molecule has 0 atom stereocenters. The van der Waals surface area contributed by atoms with Crippen LogP contribution in [0.15, 0.2) is 41.6 Å². The van der Waals surface area contributed by atoms with E-state index in [1.165, 1.54) is 10.6 Å². The summed E-state index contributed by atoms with van der Waals surface area (Å²) in [6, 6.07) is 5.25. The van der Waals surface area contributed by atoms with E-state index in [2.05, 4.69) is 20.4 Å². The number of H-pyrrole nitrogens is 1. The first-order chi connectivity index (χ1) is 14.0. The first kappa shape index (κ1) is 18.9. The SMILES string of the molecule is Cc1cn2nc(C(=O)N3CCC(C(=O)NCc4cccnc4)CC3)cc2c(=O)[nH]1. The second-order valence-electron chi connectivity index (χ2n) is 7.27. The Labute approximate surface area is 166 Å². The standard InChI is InChI=1S/C20H22N6O3/c1-13-12-26-17(19(28)23-13)9-16(24-26)20(29)25-7-4-15(5-8-25)18(27)22-11-14-3-2-6-21-10-14/h2-3,6,9-10,12,15H,4-5,7-8,11H2,1H3,(H,22,27)(H,23,28). The monoisotopic (exact) mass is 394 g/mol. The van der Waals surface area contributed by atoms with Gasteiger partial charge in [0.05, 0.1) is 0 Å². The minimum atomic E-state index is -0.277. The molecule has 2 N–H and O–H groups in total. The van der Waals surface area contributed by atoms with Crippen LogP contribution in [-0.4, -0.2) is 49.4 Å². The second-order valence-corrected chi connectivity index (χ2v) is 7.27. The summed E-state index contributed by atoms with van der Waals surface area (Å²) in [5.41, 5.74) is 1.91. The lowest BCUT2D eigenvalue weighted by Crippen LogP contribution is -2.43. The Morgan fingerprint density at radius 1 is 1.31 bits per heavy atom. The maximum absolute atomic E-state index is 12.8. The lowest BCUT2D eigenvalue weighted by atomic mass is 9.95. The van der Waals surface area contributed by atoms with Gasteiger partial charge in [-0.1, -0.05) is 6.07 Å². The normalized spacial score (nSPS) is 14.9. The van der Waals surface area contributed by atoms with Crippen LogP contribution in [-0.2, 0) is 11.3 Å². The van der Waals surface area contributed by atoms with Crippen LogP contribution in [0.1, 0.15) is 34.6 Å². The quantitative estimate of drug-likeness (QED) is 0.683. The highest BCUT2D eigenvalue weighted by atomic mass is 16.2. The molecular weight excluding hydrogens is 372 g/mol. The first-order valence-corrected chi connectivity index (χ1v) is 9.56. The lowest BCUT2D eigenvalue weighted by molar-refractivity contribution is -0.126. The number of fused-ring (bicyclic) bond motifs is 1. The number of aromatic nitrogens is 4. The molecule has 3 aromatic heterocycles. The molecule has 0 saturated carbocycles. The summed E-state index contributed by atoms with van der Waals surface area (Å²) in [4.78, 5) is 45.6. The smallest absolute Gasteiger partial charge is 0.274 e.